The molecular formula is C20H21N5O. The van der Waals surface area contributed by atoms with Gasteiger partial charge in [0.1, 0.15) is 5.70 Å². The van der Waals surface area contributed by atoms with Crippen LogP contribution in [-0.4, -0.2) is 26.1 Å². The Labute approximate surface area is 152 Å². The molecule has 1 atom stereocenters. The second-order valence-corrected chi connectivity index (χ2v) is 6.13. The van der Waals surface area contributed by atoms with Gasteiger partial charge in [0, 0.05) is 0 Å². The molecule has 132 valence electrons. The van der Waals surface area contributed by atoms with Crippen molar-refractivity contribution in [1.82, 2.24) is 25.5 Å². The summed E-state index contributed by atoms with van der Waals surface area (Å²) in [5.41, 5.74) is 3.48. The number of nitrogens with one attached hydrogen (secondary N) is 1. The first-order valence-corrected chi connectivity index (χ1v) is 8.45. The maximum absolute atomic E-state index is 13.0. The van der Waals surface area contributed by atoms with Gasteiger partial charge in [0.2, 0.25) is 0 Å². The van der Waals surface area contributed by atoms with Crippen molar-refractivity contribution in [2.45, 2.75) is 26.8 Å². The van der Waals surface area contributed by atoms with Crippen molar-refractivity contribution in [2.24, 2.45) is 0 Å². The van der Waals surface area contributed by atoms with Crippen LogP contribution in [0, 0.1) is 13.8 Å². The molecule has 0 spiro atoms. The summed E-state index contributed by atoms with van der Waals surface area (Å²) < 4.78 is 1.45. The van der Waals surface area contributed by atoms with Crippen LogP contribution in [0.3, 0.4) is 0 Å². The molecule has 2 aromatic carbocycles. The predicted octanol–water partition coefficient (Wildman–Crippen LogP) is 3.17. The van der Waals surface area contributed by atoms with Gasteiger partial charge in [-0.3, -0.25) is 4.79 Å². The van der Waals surface area contributed by atoms with Gasteiger partial charge < -0.3 is 5.32 Å². The highest BCUT2D eigenvalue weighted by Gasteiger charge is 2.19. The van der Waals surface area contributed by atoms with E-state index in [9.17, 15) is 4.79 Å². The van der Waals surface area contributed by atoms with E-state index in [1.54, 1.807) is 13.0 Å². The molecule has 1 amide bonds. The Balaban J connectivity index is 1.92. The molecular weight excluding hydrogens is 326 g/mol. The number of aryl methyl sites for hydroxylation is 2. The highest BCUT2D eigenvalue weighted by atomic mass is 16.2. The zero-order valence-electron chi connectivity index (χ0n) is 15.0. The van der Waals surface area contributed by atoms with Crippen LogP contribution in [0.15, 0.2) is 54.6 Å². The monoisotopic (exact) mass is 347 g/mol. The number of carbonyl (C=O) groups is 1. The molecule has 0 aliphatic carbocycles. The number of hydrogen-bond acceptors (Lipinski definition) is 4. The molecule has 0 aliphatic rings. The van der Waals surface area contributed by atoms with E-state index in [1.807, 2.05) is 68.4 Å². The minimum Gasteiger partial charge on any atom is -0.344 e. The summed E-state index contributed by atoms with van der Waals surface area (Å²) in [6, 6.07) is 17.5. The zero-order chi connectivity index (χ0) is 18.5. The minimum atomic E-state index is -0.236. The van der Waals surface area contributed by atoms with Gasteiger partial charge in [0.25, 0.3) is 5.91 Å². The Morgan fingerprint density at radius 1 is 1.08 bits per heavy atom. The number of benzene rings is 2. The quantitative estimate of drug-likeness (QED) is 0.720. The third-order valence-electron chi connectivity index (χ3n) is 4.19. The maximum Gasteiger partial charge on any atom is 0.270 e. The summed E-state index contributed by atoms with van der Waals surface area (Å²) in [5, 5.41) is 14.6. The molecule has 0 aliphatic heterocycles. The molecule has 0 saturated carbocycles. The first-order valence-electron chi connectivity index (χ1n) is 8.45. The molecule has 0 radical (unpaired) electrons. The Morgan fingerprint density at radius 2 is 1.77 bits per heavy atom. The molecule has 6 nitrogen and oxygen atoms in total. The number of tetrazole rings is 1. The zero-order valence-corrected chi connectivity index (χ0v) is 15.0. The van der Waals surface area contributed by atoms with Gasteiger partial charge in [-0.25, -0.2) is 0 Å². The van der Waals surface area contributed by atoms with E-state index >= 15 is 0 Å². The second-order valence-electron chi connectivity index (χ2n) is 6.13. The van der Waals surface area contributed by atoms with E-state index in [1.165, 1.54) is 4.68 Å². The van der Waals surface area contributed by atoms with Crippen LogP contribution in [0.4, 0.5) is 0 Å². The van der Waals surface area contributed by atoms with Crippen molar-refractivity contribution in [3.8, 4) is 0 Å². The number of hydrogen-bond donors (Lipinski definition) is 1. The van der Waals surface area contributed by atoms with E-state index in [4.69, 9.17) is 0 Å². The summed E-state index contributed by atoms with van der Waals surface area (Å²) >= 11 is 0. The van der Waals surface area contributed by atoms with Crippen LogP contribution in [0.2, 0.25) is 0 Å². The van der Waals surface area contributed by atoms with Crippen LogP contribution >= 0.6 is 0 Å². The third kappa shape index (κ3) is 3.85. The van der Waals surface area contributed by atoms with Crippen LogP contribution < -0.4 is 5.32 Å². The van der Waals surface area contributed by atoms with Crippen molar-refractivity contribution in [3.63, 3.8) is 0 Å². The van der Waals surface area contributed by atoms with Crippen molar-refractivity contribution in [3.05, 3.63) is 77.1 Å². The molecule has 1 heterocycles. The minimum absolute atomic E-state index is 0.139. The lowest BCUT2D eigenvalue weighted by Crippen LogP contribution is -2.30. The topological polar surface area (TPSA) is 72.7 Å². The molecule has 0 saturated heterocycles. The lowest BCUT2D eigenvalue weighted by molar-refractivity contribution is -0.116. The lowest BCUT2D eigenvalue weighted by Gasteiger charge is -2.18. The summed E-state index contributed by atoms with van der Waals surface area (Å²) in [6.07, 6.45) is 1.78. The maximum atomic E-state index is 13.0. The predicted molar refractivity (Wildman–Crippen MR) is 101 cm³/mol. The number of aromatic nitrogens is 4. The van der Waals surface area contributed by atoms with Gasteiger partial charge in [-0.15, -0.1) is 5.10 Å². The van der Waals surface area contributed by atoms with E-state index < -0.39 is 0 Å². The summed E-state index contributed by atoms with van der Waals surface area (Å²) in [7, 11) is 0. The van der Waals surface area contributed by atoms with Crippen molar-refractivity contribution < 1.29 is 4.79 Å². The summed E-state index contributed by atoms with van der Waals surface area (Å²) in [5.74, 6) is 0.311. The Hall–Kier alpha value is -3.28. The Morgan fingerprint density at radius 3 is 2.42 bits per heavy atom. The van der Waals surface area contributed by atoms with Crippen LogP contribution in [-0.2, 0) is 4.79 Å². The van der Waals surface area contributed by atoms with Crippen molar-refractivity contribution in [2.75, 3.05) is 0 Å². The molecule has 1 aromatic heterocycles. The summed E-state index contributed by atoms with van der Waals surface area (Å²) in [4.78, 5) is 13.0. The summed E-state index contributed by atoms with van der Waals surface area (Å²) in [6.45, 7) is 5.76. The van der Waals surface area contributed by atoms with E-state index in [0.29, 0.717) is 11.5 Å². The molecule has 0 unspecified atom stereocenters. The standard InChI is InChI=1S/C20H21N5O/c1-14-9-7-8-12-18(14)15(2)21-20(26)19(25-16(3)22-23-24-25)13-17-10-5-4-6-11-17/h4-13,15H,1-3H3,(H,21,26)/b19-13+/t15-/m1/s1. The average Bonchev–Trinajstić information content (AvgIpc) is 3.06. The van der Waals surface area contributed by atoms with Crippen LogP contribution in [0.1, 0.15) is 35.5 Å². The first kappa shape index (κ1) is 17.5. The molecule has 6 heteroatoms. The van der Waals surface area contributed by atoms with Crippen molar-refractivity contribution in [1.29, 1.82) is 0 Å². The number of rotatable bonds is 5. The lowest BCUT2D eigenvalue weighted by atomic mass is 10.0. The molecule has 1 N–H and O–H groups in total. The van der Waals surface area contributed by atoms with E-state index in [0.717, 1.165) is 16.7 Å². The van der Waals surface area contributed by atoms with Crippen LogP contribution in [0.5, 0.6) is 0 Å². The molecule has 0 bridgehead atoms. The Kier molecular flexibility index (Phi) is 5.22. The second kappa shape index (κ2) is 7.74. The highest BCUT2D eigenvalue weighted by molar-refractivity contribution is 6.18. The molecule has 26 heavy (non-hydrogen) atoms. The fourth-order valence-corrected chi connectivity index (χ4v) is 2.81. The number of carbonyl (C=O) groups excluding carboxylic acids is 1. The van der Waals surface area contributed by atoms with Gasteiger partial charge in [0.05, 0.1) is 6.04 Å². The molecule has 0 fully saturated rings. The fourth-order valence-electron chi connectivity index (χ4n) is 2.81. The fraction of sp³-hybridized carbons (Fsp3) is 0.200. The normalized spacial score (nSPS) is 12.7. The van der Waals surface area contributed by atoms with Crippen molar-refractivity contribution >= 4 is 17.7 Å². The van der Waals surface area contributed by atoms with E-state index in [-0.39, 0.29) is 11.9 Å². The largest absolute Gasteiger partial charge is 0.344 e. The smallest absolute Gasteiger partial charge is 0.270 e. The third-order valence-corrected chi connectivity index (χ3v) is 4.19. The molecule has 3 rings (SSSR count). The Bertz CT molecular complexity index is 930. The molecule has 3 aromatic rings. The van der Waals surface area contributed by atoms with Gasteiger partial charge >= 0.3 is 0 Å². The average molecular weight is 347 g/mol. The van der Waals surface area contributed by atoms with E-state index in [2.05, 4.69) is 20.8 Å². The van der Waals surface area contributed by atoms with Gasteiger partial charge in [-0.1, -0.05) is 54.6 Å². The van der Waals surface area contributed by atoms with Gasteiger partial charge in [-0.2, -0.15) is 4.68 Å². The van der Waals surface area contributed by atoms with Gasteiger partial charge in [0.15, 0.2) is 5.82 Å². The number of nitrogens with zero attached hydrogens (tertiary/aromatic N) is 4. The first-order chi connectivity index (χ1) is 12.6. The van der Waals surface area contributed by atoms with Crippen LogP contribution in [0.25, 0.3) is 11.8 Å². The highest BCUT2D eigenvalue weighted by Crippen LogP contribution is 2.19. The SMILES string of the molecule is Cc1ccccc1[C@@H](C)NC(=O)/C(=C\c1ccccc1)n1nnnc1C. The number of amides is 1. The van der Waals surface area contributed by atoms with Gasteiger partial charge in [-0.05, 0) is 54.0 Å².